The number of carbonyl (C=O) groups excluding carboxylic acids is 3. The zero-order valence-corrected chi connectivity index (χ0v) is 15.8. The van der Waals surface area contributed by atoms with Crippen LogP contribution in [0.1, 0.15) is 12.8 Å². The van der Waals surface area contributed by atoms with Gasteiger partial charge in [-0.15, -0.1) is 5.54 Å². The SMILES string of the molecule is C[Si](C)(C)C#C/C(=C\CN1C(=O)CCC1=O)C(=O)Nc1ccccc1. The molecule has 1 heterocycles. The van der Waals surface area contributed by atoms with E-state index in [1.54, 1.807) is 18.2 Å². The van der Waals surface area contributed by atoms with Gasteiger partial charge < -0.3 is 5.32 Å². The van der Waals surface area contributed by atoms with Crippen molar-refractivity contribution in [3.8, 4) is 11.5 Å². The van der Waals surface area contributed by atoms with Gasteiger partial charge in [0.2, 0.25) is 11.8 Å². The summed E-state index contributed by atoms with van der Waals surface area (Å²) in [6.07, 6.45) is 2.03. The largest absolute Gasteiger partial charge is 0.321 e. The van der Waals surface area contributed by atoms with Crippen molar-refractivity contribution in [1.29, 1.82) is 0 Å². The molecule has 0 aromatic heterocycles. The van der Waals surface area contributed by atoms with E-state index in [-0.39, 0.29) is 42.7 Å². The van der Waals surface area contributed by atoms with Gasteiger partial charge in [0, 0.05) is 25.1 Å². The molecule has 0 spiro atoms. The van der Waals surface area contributed by atoms with Crippen molar-refractivity contribution >= 4 is 31.5 Å². The van der Waals surface area contributed by atoms with E-state index < -0.39 is 8.07 Å². The summed E-state index contributed by atoms with van der Waals surface area (Å²) in [4.78, 5) is 37.2. The Morgan fingerprint density at radius 1 is 1.16 bits per heavy atom. The summed E-state index contributed by atoms with van der Waals surface area (Å²) in [5.74, 6) is 2.20. The lowest BCUT2D eigenvalue weighted by molar-refractivity contribution is -0.137. The van der Waals surface area contributed by atoms with Crippen LogP contribution in [0.15, 0.2) is 42.0 Å². The molecule has 1 N–H and O–H groups in total. The molecule has 6 heteroatoms. The highest BCUT2D eigenvalue weighted by atomic mass is 28.3. The van der Waals surface area contributed by atoms with Crippen LogP contribution in [-0.4, -0.2) is 37.2 Å². The molecule has 1 fully saturated rings. The number of carbonyl (C=O) groups is 3. The molecule has 1 aromatic carbocycles. The Hall–Kier alpha value is -2.65. The zero-order valence-electron chi connectivity index (χ0n) is 14.8. The fourth-order valence-corrected chi connectivity index (χ4v) is 2.69. The smallest absolute Gasteiger partial charge is 0.263 e. The van der Waals surface area contributed by atoms with E-state index in [9.17, 15) is 14.4 Å². The summed E-state index contributed by atoms with van der Waals surface area (Å²) in [5, 5.41) is 2.79. The van der Waals surface area contributed by atoms with Gasteiger partial charge >= 0.3 is 0 Å². The first-order valence-electron chi connectivity index (χ1n) is 8.19. The van der Waals surface area contributed by atoms with Gasteiger partial charge in [0.1, 0.15) is 8.07 Å². The number of nitrogens with one attached hydrogen (secondary N) is 1. The Morgan fingerprint density at radius 3 is 2.32 bits per heavy atom. The second-order valence-electron chi connectivity index (χ2n) is 6.84. The minimum Gasteiger partial charge on any atom is -0.321 e. The van der Waals surface area contributed by atoms with Crippen LogP contribution < -0.4 is 5.32 Å². The van der Waals surface area contributed by atoms with Crippen molar-refractivity contribution in [2.24, 2.45) is 0 Å². The Kier molecular flexibility index (Phi) is 5.94. The summed E-state index contributed by atoms with van der Waals surface area (Å²) in [7, 11) is -1.67. The summed E-state index contributed by atoms with van der Waals surface area (Å²) in [6.45, 7) is 6.33. The minimum absolute atomic E-state index is 0.0790. The topological polar surface area (TPSA) is 66.5 Å². The molecule has 1 aromatic rings. The van der Waals surface area contributed by atoms with E-state index in [2.05, 4.69) is 36.4 Å². The van der Waals surface area contributed by atoms with Gasteiger partial charge in [0.05, 0.1) is 5.57 Å². The number of anilines is 1. The lowest BCUT2D eigenvalue weighted by Gasteiger charge is -2.12. The first-order chi connectivity index (χ1) is 11.8. The Bertz CT molecular complexity index is 751. The average molecular weight is 354 g/mol. The molecule has 25 heavy (non-hydrogen) atoms. The maximum atomic E-state index is 12.5. The number of nitrogens with zero attached hydrogens (tertiary/aromatic N) is 1. The van der Waals surface area contributed by atoms with E-state index in [0.29, 0.717) is 5.69 Å². The van der Waals surface area contributed by atoms with Crippen molar-refractivity contribution in [3.05, 3.63) is 42.0 Å². The maximum Gasteiger partial charge on any atom is 0.263 e. The number of likely N-dealkylation sites (tertiary alicyclic amines) is 1. The van der Waals surface area contributed by atoms with Crippen LogP contribution >= 0.6 is 0 Å². The normalized spacial score (nSPS) is 15.0. The lowest BCUT2D eigenvalue weighted by Crippen LogP contribution is -2.29. The summed E-state index contributed by atoms with van der Waals surface area (Å²) < 4.78 is 0. The van der Waals surface area contributed by atoms with Crippen LogP contribution in [0.5, 0.6) is 0 Å². The number of rotatable bonds is 4. The molecule has 2 rings (SSSR count). The van der Waals surface area contributed by atoms with Crippen molar-refractivity contribution in [2.75, 3.05) is 11.9 Å². The van der Waals surface area contributed by atoms with Gasteiger partial charge in [-0.2, -0.15) is 0 Å². The van der Waals surface area contributed by atoms with Crippen LogP contribution in [0.3, 0.4) is 0 Å². The van der Waals surface area contributed by atoms with Gasteiger partial charge in [-0.25, -0.2) is 0 Å². The molecule has 1 aliphatic heterocycles. The van der Waals surface area contributed by atoms with Crippen LogP contribution in [0.2, 0.25) is 19.6 Å². The van der Waals surface area contributed by atoms with E-state index in [4.69, 9.17) is 0 Å². The summed E-state index contributed by atoms with van der Waals surface area (Å²) in [6, 6.07) is 9.09. The van der Waals surface area contributed by atoms with E-state index >= 15 is 0 Å². The average Bonchev–Trinajstić information content (AvgIpc) is 2.86. The van der Waals surface area contributed by atoms with Gasteiger partial charge in [-0.1, -0.05) is 43.8 Å². The quantitative estimate of drug-likeness (QED) is 0.391. The fourth-order valence-electron chi connectivity index (χ4n) is 2.18. The molecule has 1 aliphatic rings. The third kappa shape index (κ3) is 5.73. The molecular weight excluding hydrogens is 332 g/mol. The van der Waals surface area contributed by atoms with Crippen LogP contribution in [0.25, 0.3) is 0 Å². The number of hydrogen-bond acceptors (Lipinski definition) is 3. The molecule has 0 saturated carbocycles. The number of benzene rings is 1. The number of amides is 3. The number of para-hydroxylation sites is 1. The third-order valence-corrected chi connectivity index (χ3v) is 4.36. The van der Waals surface area contributed by atoms with Crippen LogP contribution in [0.4, 0.5) is 5.69 Å². The van der Waals surface area contributed by atoms with Gasteiger partial charge in [-0.3, -0.25) is 19.3 Å². The molecule has 0 unspecified atom stereocenters. The first kappa shape index (κ1) is 18.7. The molecule has 0 aliphatic carbocycles. The third-order valence-electron chi connectivity index (χ3n) is 3.48. The predicted molar refractivity (Wildman–Crippen MR) is 100 cm³/mol. The van der Waals surface area contributed by atoms with Gasteiger partial charge in [-0.05, 0) is 18.2 Å². The van der Waals surface area contributed by atoms with E-state index in [1.807, 2.05) is 18.2 Å². The molecule has 0 atom stereocenters. The number of hydrogen-bond donors (Lipinski definition) is 1. The molecule has 130 valence electrons. The molecule has 3 amide bonds. The van der Waals surface area contributed by atoms with Crippen LogP contribution in [-0.2, 0) is 14.4 Å². The van der Waals surface area contributed by atoms with Crippen molar-refractivity contribution in [1.82, 2.24) is 4.90 Å². The van der Waals surface area contributed by atoms with E-state index in [0.717, 1.165) is 0 Å². The molecule has 1 saturated heterocycles. The van der Waals surface area contributed by atoms with Gasteiger partial charge in [0.25, 0.3) is 5.91 Å². The summed E-state index contributed by atoms with van der Waals surface area (Å²) in [5.41, 5.74) is 4.10. The highest BCUT2D eigenvalue weighted by molar-refractivity contribution is 6.83. The van der Waals surface area contributed by atoms with Crippen molar-refractivity contribution in [2.45, 2.75) is 32.5 Å². The maximum absolute atomic E-state index is 12.5. The predicted octanol–water partition coefficient (Wildman–Crippen LogP) is 2.58. The molecule has 5 nitrogen and oxygen atoms in total. The Balaban J connectivity index is 2.21. The standard InChI is InChI=1S/C19H22N2O3Si/c1-25(2,3)14-12-15(11-13-21-17(22)9-10-18(21)23)19(24)20-16-7-5-4-6-8-16/h4-8,11H,9-10,13H2,1-3H3,(H,20,24)/b15-11+. The fraction of sp³-hybridized carbons (Fsp3) is 0.316. The van der Waals surface area contributed by atoms with Gasteiger partial charge in [0.15, 0.2) is 0 Å². The highest BCUT2D eigenvalue weighted by Crippen LogP contribution is 2.13. The highest BCUT2D eigenvalue weighted by Gasteiger charge is 2.28. The lowest BCUT2D eigenvalue weighted by atomic mass is 10.2. The molecule has 0 bridgehead atoms. The Morgan fingerprint density at radius 2 is 1.76 bits per heavy atom. The zero-order chi connectivity index (χ0) is 18.4. The van der Waals surface area contributed by atoms with E-state index in [1.165, 1.54) is 4.90 Å². The molecular formula is C19H22N2O3Si. The number of imide groups is 1. The second-order valence-corrected chi connectivity index (χ2v) is 11.6. The van der Waals surface area contributed by atoms with Crippen molar-refractivity contribution in [3.63, 3.8) is 0 Å². The Labute approximate surface area is 149 Å². The first-order valence-corrected chi connectivity index (χ1v) is 11.7. The van der Waals surface area contributed by atoms with Crippen molar-refractivity contribution < 1.29 is 14.4 Å². The summed E-state index contributed by atoms with van der Waals surface area (Å²) >= 11 is 0. The molecule has 0 radical (unpaired) electrons. The van der Waals surface area contributed by atoms with Crippen LogP contribution in [0, 0.1) is 11.5 Å². The minimum atomic E-state index is -1.67. The monoisotopic (exact) mass is 354 g/mol. The second kappa shape index (κ2) is 7.95.